The highest BCUT2D eigenvalue weighted by atomic mass is 19.4. The van der Waals surface area contributed by atoms with Crippen LogP contribution in [0, 0.1) is 5.41 Å². The van der Waals surface area contributed by atoms with Crippen molar-refractivity contribution in [1.82, 2.24) is 5.32 Å². The van der Waals surface area contributed by atoms with Crippen LogP contribution < -0.4 is 11.1 Å². The van der Waals surface area contributed by atoms with Crippen molar-refractivity contribution in [2.45, 2.75) is 45.2 Å². The summed E-state index contributed by atoms with van der Waals surface area (Å²) in [6.45, 7) is 6.92. The van der Waals surface area contributed by atoms with Crippen LogP contribution in [0.25, 0.3) is 0 Å². The van der Waals surface area contributed by atoms with Gasteiger partial charge in [0.25, 0.3) is 5.91 Å². The first-order valence-electron chi connectivity index (χ1n) is 9.98. The number of phenolic OH excluding ortho intramolecular Hbond substituents is 1. The summed E-state index contributed by atoms with van der Waals surface area (Å²) in [5, 5.41) is 27.4. The van der Waals surface area contributed by atoms with Gasteiger partial charge in [0.05, 0.1) is 0 Å². The summed E-state index contributed by atoms with van der Waals surface area (Å²) in [6, 6.07) is 12.5. The third-order valence-corrected chi connectivity index (χ3v) is 4.55. The third kappa shape index (κ3) is 9.22. The zero-order chi connectivity index (χ0) is 25.4. The van der Waals surface area contributed by atoms with E-state index in [1.54, 1.807) is 18.2 Å². The van der Waals surface area contributed by atoms with E-state index >= 15 is 0 Å². The van der Waals surface area contributed by atoms with E-state index in [4.69, 9.17) is 21.0 Å². The van der Waals surface area contributed by atoms with Crippen LogP contribution in [0.3, 0.4) is 0 Å². The molecule has 0 spiro atoms. The lowest BCUT2D eigenvalue weighted by Crippen LogP contribution is -2.25. The Morgan fingerprint density at radius 2 is 1.55 bits per heavy atom. The van der Waals surface area contributed by atoms with Crippen LogP contribution in [0.4, 0.5) is 13.2 Å². The average molecular weight is 467 g/mol. The highest BCUT2D eigenvalue weighted by Crippen LogP contribution is 2.22. The Labute approximate surface area is 189 Å². The van der Waals surface area contributed by atoms with E-state index in [2.05, 4.69) is 26.1 Å². The van der Waals surface area contributed by atoms with Gasteiger partial charge in [0.2, 0.25) is 0 Å². The fraction of sp³-hybridized carbons (Fsp3) is 0.348. The number of nitrogens with one attached hydrogen (secondary N) is 2. The Bertz CT molecular complexity index is 982. The summed E-state index contributed by atoms with van der Waals surface area (Å²) in [6.07, 6.45) is -3.81. The quantitative estimate of drug-likeness (QED) is 0.249. The van der Waals surface area contributed by atoms with Gasteiger partial charge in [-0.1, -0.05) is 32.9 Å². The summed E-state index contributed by atoms with van der Waals surface area (Å²) >= 11 is 0. The molecule has 33 heavy (non-hydrogen) atoms. The van der Waals surface area contributed by atoms with Crippen LogP contribution in [0.2, 0.25) is 0 Å². The Hall–Kier alpha value is -3.56. The van der Waals surface area contributed by atoms with Gasteiger partial charge in [-0.3, -0.25) is 10.2 Å². The van der Waals surface area contributed by atoms with E-state index < -0.39 is 12.1 Å². The maximum absolute atomic E-state index is 12.2. The first-order valence-corrected chi connectivity index (χ1v) is 9.98. The number of aromatic hydroxyl groups is 1. The number of carbonyl (C=O) groups is 2. The molecule has 2 aromatic rings. The van der Waals surface area contributed by atoms with Gasteiger partial charge in [-0.15, -0.1) is 0 Å². The summed E-state index contributed by atoms with van der Waals surface area (Å²) in [4.78, 5) is 21.1. The monoisotopic (exact) mass is 467 g/mol. The van der Waals surface area contributed by atoms with Crippen molar-refractivity contribution in [2.75, 3.05) is 6.54 Å². The predicted octanol–water partition coefficient (Wildman–Crippen LogP) is 3.97. The molecule has 0 fully saturated rings. The maximum Gasteiger partial charge on any atom is 0.490 e. The van der Waals surface area contributed by atoms with Gasteiger partial charge in [-0.25, -0.2) is 4.79 Å². The van der Waals surface area contributed by atoms with E-state index in [0.717, 1.165) is 5.56 Å². The number of carboxylic acid groups (broad SMARTS) is 1. The predicted molar refractivity (Wildman–Crippen MR) is 119 cm³/mol. The average Bonchev–Trinajstić information content (AvgIpc) is 2.71. The lowest BCUT2D eigenvalue weighted by Gasteiger charge is -2.19. The molecule has 0 radical (unpaired) electrons. The molecule has 0 saturated carbocycles. The van der Waals surface area contributed by atoms with Crippen molar-refractivity contribution in [3.05, 3.63) is 64.7 Å². The first kappa shape index (κ1) is 27.5. The molecule has 2 rings (SSSR count). The number of carboxylic acids is 1. The number of amides is 1. The SMILES string of the molecule is CC(C)(C)c1ccc(C(=O)NCCCc2cc(C(=N)N)ccc2O)cc1.O=C(O)C(F)(F)F. The van der Waals surface area contributed by atoms with Crippen molar-refractivity contribution in [3.8, 4) is 5.75 Å². The summed E-state index contributed by atoms with van der Waals surface area (Å²) in [5.74, 6) is -2.71. The van der Waals surface area contributed by atoms with Gasteiger partial charge in [0, 0.05) is 17.7 Å². The number of carbonyl (C=O) groups excluding carboxylic acids is 1. The molecule has 0 aliphatic heterocycles. The van der Waals surface area contributed by atoms with Crippen molar-refractivity contribution < 1.29 is 33.0 Å². The number of hydrogen-bond donors (Lipinski definition) is 5. The topological polar surface area (TPSA) is 136 Å². The zero-order valence-corrected chi connectivity index (χ0v) is 18.6. The van der Waals surface area contributed by atoms with E-state index in [9.17, 15) is 23.1 Å². The molecule has 2 aromatic carbocycles. The van der Waals surface area contributed by atoms with Crippen LogP contribution >= 0.6 is 0 Å². The Kier molecular flexibility index (Phi) is 9.45. The zero-order valence-electron chi connectivity index (χ0n) is 18.6. The number of benzene rings is 2. The second-order valence-corrected chi connectivity index (χ2v) is 8.25. The number of aryl methyl sites for hydroxylation is 1. The molecule has 0 aliphatic carbocycles. The van der Waals surface area contributed by atoms with Crippen LogP contribution in [-0.2, 0) is 16.6 Å². The normalized spacial score (nSPS) is 11.2. The molecule has 1 amide bonds. The number of hydrogen-bond acceptors (Lipinski definition) is 4. The lowest BCUT2D eigenvalue weighted by atomic mass is 9.87. The second kappa shape index (κ2) is 11.3. The minimum absolute atomic E-state index is 0.0294. The van der Waals surface area contributed by atoms with Crippen LogP contribution in [0.5, 0.6) is 5.75 Å². The first-order chi connectivity index (χ1) is 15.1. The largest absolute Gasteiger partial charge is 0.508 e. The standard InChI is InChI=1S/C21H27N3O2.C2HF3O2/c1-21(2,3)17-9-6-14(7-10-17)20(26)24-12-4-5-15-13-16(19(22)23)8-11-18(15)25;3-2(4,5)1(6)7/h6-11,13,25H,4-5,12H2,1-3H3,(H3,22,23)(H,24,26);(H,6,7). The molecule has 7 nitrogen and oxygen atoms in total. The minimum Gasteiger partial charge on any atom is -0.508 e. The number of rotatable bonds is 6. The molecule has 180 valence electrons. The van der Waals surface area contributed by atoms with E-state index in [-0.39, 0.29) is 22.9 Å². The number of amidine groups is 1. The number of nitrogen functional groups attached to an aromatic ring is 1. The highest BCUT2D eigenvalue weighted by molar-refractivity contribution is 5.95. The highest BCUT2D eigenvalue weighted by Gasteiger charge is 2.38. The summed E-state index contributed by atoms with van der Waals surface area (Å²) in [7, 11) is 0. The number of phenols is 1. The van der Waals surface area contributed by atoms with Crippen LogP contribution in [0.1, 0.15) is 54.2 Å². The van der Waals surface area contributed by atoms with Gasteiger partial charge < -0.3 is 21.3 Å². The minimum atomic E-state index is -5.08. The Morgan fingerprint density at radius 3 is 2.00 bits per heavy atom. The number of alkyl halides is 3. The Balaban J connectivity index is 0.000000675. The number of aliphatic carboxylic acids is 1. The number of nitrogens with two attached hydrogens (primary N) is 1. The molecule has 0 saturated heterocycles. The Morgan fingerprint density at radius 1 is 1.03 bits per heavy atom. The van der Waals surface area contributed by atoms with Crippen molar-refractivity contribution >= 4 is 17.7 Å². The molecule has 0 bridgehead atoms. The molecular weight excluding hydrogens is 439 g/mol. The molecule has 10 heteroatoms. The maximum atomic E-state index is 12.2. The van der Waals surface area contributed by atoms with Gasteiger partial charge in [0.15, 0.2) is 0 Å². The van der Waals surface area contributed by atoms with Gasteiger partial charge in [-0.2, -0.15) is 13.2 Å². The smallest absolute Gasteiger partial charge is 0.490 e. The molecule has 0 atom stereocenters. The van der Waals surface area contributed by atoms with E-state index in [1.165, 1.54) is 5.56 Å². The molecule has 0 heterocycles. The fourth-order valence-electron chi connectivity index (χ4n) is 2.66. The van der Waals surface area contributed by atoms with E-state index in [0.29, 0.717) is 30.5 Å². The van der Waals surface area contributed by atoms with Crippen molar-refractivity contribution in [1.29, 1.82) is 5.41 Å². The van der Waals surface area contributed by atoms with Gasteiger partial charge in [0.1, 0.15) is 11.6 Å². The summed E-state index contributed by atoms with van der Waals surface area (Å²) < 4.78 is 31.7. The molecule has 6 N–H and O–H groups in total. The molecular formula is C23H28F3N3O4. The van der Waals surface area contributed by atoms with Crippen molar-refractivity contribution in [3.63, 3.8) is 0 Å². The van der Waals surface area contributed by atoms with E-state index in [1.807, 2.05) is 24.3 Å². The van der Waals surface area contributed by atoms with Crippen LogP contribution in [0.15, 0.2) is 42.5 Å². The second-order valence-electron chi connectivity index (χ2n) is 8.25. The van der Waals surface area contributed by atoms with Crippen LogP contribution in [-0.4, -0.2) is 40.6 Å². The fourth-order valence-corrected chi connectivity index (χ4v) is 2.66. The van der Waals surface area contributed by atoms with Gasteiger partial charge in [-0.05, 0) is 59.7 Å². The number of halogens is 3. The molecule has 0 unspecified atom stereocenters. The van der Waals surface area contributed by atoms with Gasteiger partial charge >= 0.3 is 12.1 Å². The summed E-state index contributed by atoms with van der Waals surface area (Å²) in [5.41, 5.74) is 8.67. The molecule has 0 aromatic heterocycles. The lowest BCUT2D eigenvalue weighted by molar-refractivity contribution is -0.192. The molecule has 0 aliphatic rings. The third-order valence-electron chi connectivity index (χ3n) is 4.55. The van der Waals surface area contributed by atoms with Crippen molar-refractivity contribution in [2.24, 2.45) is 5.73 Å².